The summed E-state index contributed by atoms with van der Waals surface area (Å²) in [5.41, 5.74) is 8.69. The SMILES string of the molecule is C/C(=N\NC(=O)CCc1ccc(C(C)(C)C)cc1)c1ccc(C2CCCCC2)cc1. The maximum absolute atomic E-state index is 12.2. The lowest BCUT2D eigenvalue weighted by molar-refractivity contribution is -0.121. The highest BCUT2D eigenvalue weighted by atomic mass is 16.2. The van der Waals surface area contributed by atoms with E-state index in [-0.39, 0.29) is 11.3 Å². The Labute approximate surface area is 182 Å². The van der Waals surface area contributed by atoms with Crippen molar-refractivity contribution in [2.24, 2.45) is 5.10 Å². The average Bonchev–Trinajstić information content (AvgIpc) is 2.76. The van der Waals surface area contributed by atoms with E-state index in [2.05, 4.69) is 79.8 Å². The van der Waals surface area contributed by atoms with Crippen molar-refractivity contribution in [3.05, 3.63) is 70.8 Å². The lowest BCUT2D eigenvalue weighted by Crippen LogP contribution is -2.19. The van der Waals surface area contributed by atoms with Gasteiger partial charge in [0.15, 0.2) is 0 Å². The Bertz CT molecular complexity index is 851. The minimum Gasteiger partial charge on any atom is -0.273 e. The number of benzene rings is 2. The van der Waals surface area contributed by atoms with E-state index >= 15 is 0 Å². The molecule has 1 N–H and O–H groups in total. The first-order valence-corrected chi connectivity index (χ1v) is 11.4. The Morgan fingerprint density at radius 2 is 1.60 bits per heavy atom. The molecular formula is C27H36N2O. The Morgan fingerprint density at radius 1 is 0.967 bits per heavy atom. The van der Waals surface area contributed by atoms with Crippen LogP contribution in [0.15, 0.2) is 53.6 Å². The van der Waals surface area contributed by atoms with Crippen molar-refractivity contribution < 1.29 is 4.79 Å². The van der Waals surface area contributed by atoms with Crippen molar-refractivity contribution in [1.29, 1.82) is 0 Å². The Balaban J connectivity index is 1.49. The number of carbonyl (C=O) groups excluding carboxylic acids is 1. The number of nitrogens with one attached hydrogen (secondary N) is 1. The van der Waals surface area contributed by atoms with Gasteiger partial charge in [0.1, 0.15) is 0 Å². The molecule has 2 aromatic carbocycles. The van der Waals surface area contributed by atoms with Crippen LogP contribution in [0.2, 0.25) is 0 Å². The summed E-state index contributed by atoms with van der Waals surface area (Å²) >= 11 is 0. The van der Waals surface area contributed by atoms with Gasteiger partial charge in [-0.3, -0.25) is 4.79 Å². The minimum absolute atomic E-state index is 0.0481. The first kappa shape index (κ1) is 22.3. The predicted molar refractivity (Wildman–Crippen MR) is 126 cm³/mol. The van der Waals surface area contributed by atoms with Crippen molar-refractivity contribution in [3.63, 3.8) is 0 Å². The second-order valence-corrected chi connectivity index (χ2v) is 9.64. The molecule has 0 saturated heterocycles. The van der Waals surface area contributed by atoms with Crippen LogP contribution in [-0.2, 0) is 16.6 Å². The maximum Gasteiger partial charge on any atom is 0.240 e. The summed E-state index contributed by atoms with van der Waals surface area (Å²) in [5, 5.41) is 4.31. The Kier molecular flexibility index (Phi) is 7.47. The monoisotopic (exact) mass is 404 g/mol. The lowest BCUT2D eigenvalue weighted by Gasteiger charge is -2.22. The normalized spacial score (nSPS) is 15.8. The highest BCUT2D eigenvalue weighted by Gasteiger charge is 2.15. The zero-order valence-corrected chi connectivity index (χ0v) is 19.0. The van der Waals surface area contributed by atoms with Gasteiger partial charge in [0.25, 0.3) is 0 Å². The number of aryl methyl sites for hydroxylation is 1. The molecule has 0 atom stereocenters. The molecule has 1 amide bonds. The second-order valence-electron chi connectivity index (χ2n) is 9.64. The van der Waals surface area contributed by atoms with Gasteiger partial charge in [-0.2, -0.15) is 5.10 Å². The number of amides is 1. The van der Waals surface area contributed by atoms with Crippen LogP contribution in [0.5, 0.6) is 0 Å². The molecule has 0 spiro atoms. The van der Waals surface area contributed by atoms with Crippen molar-refractivity contribution in [3.8, 4) is 0 Å². The van der Waals surface area contributed by atoms with Gasteiger partial charge in [-0.05, 0) is 59.8 Å². The summed E-state index contributed by atoms with van der Waals surface area (Å²) in [6, 6.07) is 17.3. The molecule has 0 bridgehead atoms. The third kappa shape index (κ3) is 6.29. The summed E-state index contributed by atoms with van der Waals surface area (Å²) in [7, 11) is 0. The van der Waals surface area contributed by atoms with Gasteiger partial charge in [0.2, 0.25) is 5.91 Å². The molecule has 0 aromatic heterocycles. The van der Waals surface area contributed by atoms with E-state index in [1.165, 1.54) is 48.8 Å². The first-order valence-electron chi connectivity index (χ1n) is 11.4. The van der Waals surface area contributed by atoms with Gasteiger partial charge in [0, 0.05) is 6.42 Å². The molecule has 3 heteroatoms. The molecule has 30 heavy (non-hydrogen) atoms. The molecular weight excluding hydrogens is 368 g/mol. The van der Waals surface area contributed by atoms with Gasteiger partial charge in [0.05, 0.1) is 5.71 Å². The van der Waals surface area contributed by atoms with Crippen LogP contribution < -0.4 is 5.43 Å². The van der Waals surface area contributed by atoms with E-state index < -0.39 is 0 Å². The molecule has 0 radical (unpaired) electrons. The van der Waals surface area contributed by atoms with Crippen molar-refractivity contribution in [1.82, 2.24) is 5.43 Å². The molecule has 160 valence electrons. The maximum atomic E-state index is 12.2. The van der Waals surface area contributed by atoms with Crippen LogP contribution in [0.4, 0.5) is 0 Å². The molecule has 0 heterocycles. The molecule has 1 fully saturated rings. The molecule has 2 aromatic rings. The van der Waals surface area contributed by atoms with Crippen molar-refractivity contribution in [2.75, 3.05) is 0 Å². The third-order valence-corrected chi connectivity index (χ3v) is 6.21. The number of hydrogen-bond donors (Lipinski definition) is 1. The number of carbonyl (C=O) groups is 1. The van der Waals surface area contributed by atoms with Crippen molar-refractivity contribution in [2.45, 2.75) is 84.0 Å². The van der Waals surface area contributed by atoms with E-state index in [1.54, 1.807) is 0 Å². The molecule has 0 aliphatic heterocycles. The van der Waals surface area contributed by atoms with Crippen LogP contribution in [0.1, 0.15) is 94.4 Å². The highest BCUT2D eigenvalue weighted by molar-refractivity contribution is 5.99. The Morgan fingerprint density at radius 3 is 2.20 bits per heavy atom. The summed E-state index contributed by atoms with van der Waals surface area (Å²) in [4.78, 5) is 12.2. The molecule has 1 saturated carbocycles. The zero-order chi connectivity index (χ0) is 21.6. The number of nitrogens with zero attached hydrogens (tertiary/aromatic N) is 1. The van der Waals surface area contributed by atoms with Gasteiger partial charge < -0.3 is 0 Å². The number of hydrogen-bond acceptors (Lipinski definition) is 2. The first-order chi connectivity index (χ1) is 14.3. The fraction of sp³-hybridized carbons (Fsp3) is 0.481. The van der Waals surface area contributed by atoms with Crippen LogP contribution in [0.25, 0.3) is 0 Å². The summed E-state index contributed by atoms with van der Waals surface area (Å²) in [5.74, 6) is 0.662. The van der Waals surface area contributed by atoms with E-state index in [4.69, 9.17) is 0 Å². The smallest absolute Gasteiger partial charge is 0.240 e. The Hall–Kier alpha value is -2.42. The molecule has 1 aliphatic carbocycles. The fourth-order valence-electron chi connectivity index (χ4n) is 4.13. The van der Waals surface area contributed by atoms with Crippen LogP contribution in [0, 0.1) is 0 Å². The van der Waals surface area contributed by atoms with E-state index in [0.29, 0.717) is 12.3 Å². The van der Waals surface area contributed by atoms with Gasteiger partial charge in [-0.1, -0.05) is 88.6 Å². The highest BCUT2D eigenvalue weighted by Crippen LogP contribution is 2.32. The average molecular weight is 405 g/mol. The minimum atomic E-state index is -0.0481. The summed E-state index contributed by atoms with van der Waals surface area (Å²) in [6.07, 6.45) is 7.84. The topological polar surface area (TPSA) is 41.5 Å². The van der Waals surface area contributed by atoms with Gasteiger partial charge >= 0.3 is 0 Å². The van der Waals surface area contributed by atoms with E-state index in [0.717, 1.165) is 17.7 Å². The summed E-state index contributed by atoms with van der Waals surface area (Å²) < 4.78 is 0. The zero-order valence-electron chi connectivity index (χ0n) is 19.0. The predicted octanol–water partition coefficient (Wildman–Crippen LogP) is 6.50. The van der Waals surface area contributed by atoms with Gasteiger partial charge in [-0.25, -0.2) is 5.43 Å². The molecule has 3 nitrogen and oxygen atoms in total. The lowest BCUT2D eigenvalue weighted by atomic mass is 9.84. The van der Waals surface area contributed by atoms with E-state index in [9.17, 15) is 4.79 Å². The molecule has 0 unspecified atom stereocenters. The quantitative estimate of drug-likeness (QED) is 0.433. The van der Waals surface area contributed by atoms with E-state index in [1.807, 2.05) is 6.92 Å². The number of hydrazone groups is 1. The van der Waals surface area contributed by atoms with Crippen molar-refractivity contribution >= 4 is 11.6 Å². The van der Waals surface area contributed by atoms with Crippen LogP contribution in [0.3, 0.4) is 0 Å². The third-order valence-electron chi connectivity index (χ3n) is 6.21. The summed E-state index contributed by atoms with van der Waals surface area (Å²) in [6.45, 7) is 8.57. The molecule has 3 rings (SSSR count). The van der Waals surface area contributed by atoms with Gasteiger partial charge in [-0.15, -0.1) is 0 Å². The van der Waals surface area contributed by atoms with Crippen LogP contribution >= 0.6 is 0 Å². The van der Waals surface area contributed by atoms with Crippen LogP contribution in [-0.4, -0.2) is 11.6 Å². The number of rotatable bonds is 6. The molecule has 1 aliphatic rings. The largest absolute Gasteiger partial charge is 0.273 e. The standard InChI is InChI=1S/C27H36N2O/c1-20(22-13-15-24(16-14-22)23-8-6-5-7-9-23)28-29-26(30)19-12-21-10-17-25(18-11-21)27(2,3)4/h10-11,13-18,23H,5-9,12,19H2,1-4H3,(H,29,30)/b28-20+. The second kappa shape index (κ2) is 10.1. The fourth-order valence-corrected chi connectivity index (χ4v) is 4.13.